The molecule has 0 aliphatic rings. The van der Waals surface area contributed by atoms with E-state index < -0.39 is 0 Å². The third-order valence-corrected chi connectivity index (χ3v) is 4.50. The summed E-state index contributed by atoms with van der Waals surface area (Å²) in [6.07, 6.45) is 2.06. The lowest BCUT2D eigenvalue weighted by Gasteiger charge is -2.08. The lowest BCUT2D eigenvalue weighted by Crippen LogP contribution is -1.94. The van der Waals surface area contributed by atoms with Crippen LogP contribution in [0, 0.1) is 0 Å². The van der Waals surface area contributed by atoms with E-state index in [4.69, 9.17) is 11.6 Å². The van der Waals surface area contributed by atoms with Crippen LogP contribution in [-0.2, 0) is 0 Å². The van der Waals surface area contributed by atoms with E-state index in [-0.39, 0.29) is 5.92 Å². The monoisotopic (exact) mass is 294 g/mol. The average molecular weight is 295 g/mol. The fourth-order valence-electron chi connectivity index (χ4n) is 2.99. The van der Waals surface area contributed by atoms with Gasteiger partial charge < -0.3 is 9.97 Å². The van der Waals surface area contributed by atoms with Gasteiger partial charge >= 0.3 is 0 Å². The first-order chi connectivity index (χ1) is 10.2. The number of aromatic amines is 2. The number of halogens is 1. The number of benzene rings is 2. The van der Waals surface area contributed by atoms with E-state index in [0.717, 1.165) is 10.5 Å². The summed E-state index contributed by atoms with van der Waals surface area (Å²) >= 11 is 6.25. The minimum atomic E-state index is 0.282. The Labute approximate surface area is 127 Å². The molecule has 0 aliphatic heterocycles. The molecule has 2 aromatic heterocycles. The van der Waals surface area contributed by atoms with Crippen molar-refractivity contribution in [1.29, 1.82) is 0 Å². The number of hydrogen-bond acceptors (Lipinski definition) is 0. The summed E-state index contributed by atoms with van der Waals surface area (Å²) in [5, 5.41) is 3.20. The number of hydrogen-bond donors (Lipinski definition) is 2. The molecule has 2 aromatic carbocycles. The van der Waals surface area contributed by atoms with E-state index in [1.165, 1.54) is 27.5 Å². The van der Waals surface area contributed by atoms with Gasteiger partial charge in [0.2, 0.25) is 0 Å². The number of nitrogens with one attached hydrogen (secondary N) is 2. The highest BCUT2D eigenvalue weighted by molar-refractivity contribution is 6.35. The second-order valence-corrected chi connectivity index (χ2v) is 5.85. The van der Waals surface area contributed by atoms with Gasteiger partial charge in [-0.25, -0.2) is 0 Å². The fourth-order valence-corrected chi connectivity index (χ4v) is 3.22. The van der Waals surface area contributed by atoms with Crippen molar-refractivity contribution in [2.24, 2.45) is 0 Å². The van der Waals surface area contributed by atoms with Gasteiger partial charge in [0, 0.05) is 28.7 Å². The van der Waals surface area contributed by atoms with Crippen LogP contribution in [0.5, 0.6) is 0 Å². The highest BCUT2D eigenvalue weighted by Gasteiger charge is 2.16. The van der Waals surface area contributed by atoms with E-state index in [0.29, 0.717) is 0 Å². The molecule has 1 unspecified atom stereocenters. The largest absolute Gasteiger partial charge is 0.360 e. The first kappa shape index (κ1) is 12.5. The molecule has 0 saturated carbocycles. The summed E-state index contributed by atoms with van der Waals surface area (Å²) in [6, 6.07) is 16.6. The van der Waals surface area contributed by atoms with Crippen LogP contribution in [0.1, 0.15) is 24.1 Å². The quantitative estimate of drug-likeness (QED) is 0.492. The minimum Gasteiger partial charge on any atom is -0.360 e. The molecule has 2 N–H and O–H groups in total. The Morgan fingerprint density at radius 2 is 1.90 bits per heavy atom. The molecule has 3 heteroatoms. The summed E-state index contributed by atoms with van der Waals surface area (Å²) in [5.74, 6) is 0.282. The van der Waals surface area contributed by atoms with Crippen molar-refractivity contribution in [3.8, 4) is 0 Å². The molecule has 2 heterocycles. The normalized spacial score (nSPS) is 13.0. The zero-order chi connectivity index (χ0) is 14.4. The standard InChI is InChI=1S/C18H15ClN2/c1-11(17-9-12-5-2-3-8-16(12)21-17)14-10-20-18-13(14)6-4-7-15(18)19/h2-11,20-21H,1H3. The van der Waals surface area contributed by atoms with Crippen molar-refractivity contribution in [3.63, 3.8) is 0 Å². The molecule has 0 spiro atoms. The lowest BCUT2D eigenvalue weighted by atomic mass is 9.97. The Kier molecular flexibility index (Phi) is 2.79. The van der Waals surface area contributed by atoms with Crippen LogP contribution in [0.4, 0.5) is 0 Å². The first-order valence-corrected chi connectivity index (χ1v) is 7.45. The molecule has 0 fully saturated rings. The molecule has 0 amide bonds. The Balaban J connectivity index is 1.85. The fraction of sp³-hybridized carbons (Fsp3) is 0.111. The van der Waals surface area contributed by atoms with E-state index in [1.807, 2.05) is 12.1 Å². The molecule has 104 valence electrons. The van der Waals surface area contributed by atoms with E-state index in [2.05, 4.69) is 59.5 Å². The van der Waals surface area contributed by atoms with Gasteiger partial charge in [0.1, 0.15) is 0 Å². The van der Waals surface area contributed by atoms with Gasteiger partial charge in [-0.2, -0.15) is 0 Å². The molecular weight excluding hydrogens is 280 g/mol. The van der Waals surface area contributed by atoms with Crippen LogP contribution in [0.15, 0.2) is 54.7 Å². The number of H-pyrrole nitrogens is 2. The maximum Gasteiger partial charge on any atom is 0.0647 e. The van der Waals surface area contributed by atoms with Gasteiger partial charge in [0.05, 0.1) is 10.5 Å². The number of fused-ring (bicyclic) bond motifs is 2. The van der Waals surface area contributed by atoms with Gasteiger partial charge in [-0.15, -0.1) is 0 Å². The molecule has 0 radical (unpaired) electrons. The third kappa shape index (κ3) is 1.95. The Hall–Kier alpha value is -2.19. The zero-order valence-electron chi connectivity index (χ0n) is 11.7. The first-order valence-electron chi connectivity index (χ1n) is 7.07. The topological polar surface area (TPSA) is 31.6 Å². The van der Waals surface area contributed by atoms with Crippen molar-refractivity contribution in [2.45, 2.75) is 12.8 Å². The highest BCUT2D eigenvalue weighted by atomic mass is 35.5. The number of para-hydroxylation sites is 2. The number of rotatable bonds is 2. The number of aromatic nitrogens is 2. The smallest absolute Gasteiger partial charge is 0.0647 e. The van der Waals surface area contributed by atoms with Crippen molar-refractivity contribution < 1.29 is 0 Å². The minimum absolute atomic E-state index is 0.282. The van der Waals surface area contributed by atoms with E-state index in [9.17, 15) is 0 Å². The highest BCUT2D eigenvalue weighted by Crippen LogP contribution is 2.33. The van der Waals surface area contributed by atoms with E-state index >= 15 is 0 Å². The molecule has 0 aliphatic carbocycles. The molecule has 4 aromatic rings. The average Bonchev–Trinajstić information content (AvgIpc) is 3.11. The summed E-state index contributed by atoms with van der Waals surface area (Å²) in [5.41, 5.74) is 4.67. The van der Waals surface area contributed by atoms with Crippen molar-refractivity contribution in [2.75, 3.05) is 0 Å². The van der Waals surface area contributed by atoms with Crippen LogP contribution < -0.4 is 0 Å². The van der Waals surface area contributed by atoms with Gasteiger partial charge in [0.25, 0.3) is 0 Å². The maximum atomic E-state index is 6.25. The molecule has 1 atom stereocenters. The van der Waals surface area contributed by atoms with Gasteiger partial charge in [-0.05, 0) is 29.1 Å². The van der Waals surface area contributed by atoms with Crippen LogP contribution in [0.2, 0.25) is 5.02 Å². The third-order valence-electron chi connectivity index (χ3n) is 4.18. The van der Waals surface area contributed by atoms with Crippen LogP contribution >= 0.6 is 11.6 Å². The van der Waals surface area contributed by atoms with Crippen molar-refractivity contribution in [1.82, 2.24) is 9.97 Å². The van der Waals surface area contributed by atoms with Crippen LogP contribution in [0.3, 0.4) is 0 Å². The summed E-state index contributed by atoms with van der Waals surface area (Å²) in [6.45, 7) is 2.22. The predicted octanol–water partition coefficient (Wildman–Crippen LogP) is 5.45. The van der Waals surface area contributed by atoms with Gasteiger partial charge in [-0.1, -0.05) is 48.9 Å². The second kappa shape index (κ2) is 4.68. The van der Waals surface area contributed by atoms with Gasteiger partial charge in [-0.3, -0.25) is 0 Å². The molecule has 4 rings (SSSR count). The molecule has 0 bridgehead atoms. The Morgan fingerprint density at radius 1 is 1.05 bits per heavy atom. The molecular formula is C18H15ClN2. The predicted molar refractivity (Wildman–Crippen MR) is 89.1 cm³/mol. The van der Waals surface area contributed by atoms with Crippen molar-refractivity contribution >= 4 is 33.4 Å². The zero-order valence-corrected chi connectivity index (χ0v) is 12.4. The molecule has 21 heavy (non-hydrogen) atoms. The summed E-state index contributed by atoms with van der Waals surface area (Å²) in [4.78, 5) is 6.81. The van der Waals surface area contributed by atoms with Crippen molar-refractivity contribution in [3.05, 3.63) is 71.0 Å². The Bertz CT molecular complexity index is 900. The summed E-state index contributed by atoms with van der Waals surface area (Å²) < 4.78 is 0. The van der Waals surface area contributed by atoms with Gasteiger partial charge in [0.15, 0.2) is 0 Å². The lowest BCUT2D eigenvalue weighted by molar-refractivity contribution is 0.896. The van der Waals surface area contributed by atoms with Crippen LogP contribution in [-0.4, -0.2) is 9.97 Å². The second-order valence-electron chi connectivity index (χ2n) is 5.44. The molecule has 2 nitrogen and oxygen atoms in total. The Morgan fingerprint density at radius 3 is 2.76 bits per heavy atom. The van der Waals surface area contributed by atoms with Crippen LogP contribution in [0.25, 0.3) is 21.8 Å². The van der Waals surface area contributed by atoms with E-state index in [1.54, 1.807) is 0 Å². The summed E-state index contributed by atoms with van der Waals surface area (Å²) in [7, 11) is 0. The maximum absolute atomic E-state index is 6.25. The SMILES string of the molecule is CC(c1cc2ccccc2[nH]1)c1c[nH]c2c(Cl)cccc12. The molecule has 0 saturated heterocycles.